The molecule has 172 valence electrons. The summed E-state index contributed by atoms with van der Waals surface area (Å²) in [6.07, 6.45) is 16.3. The van der Waals surface area contributed by atoms with Gasteiger partial charge in [-0.2, -0.15) is 0 Å². The lowest BCUT2D eigenvalue weighted by atomic mass is 9.44. The lowest BCUT2D eigenvalue weighted by molar-refractivity contribution is -0.137. The molecule has 3 nitrogen and oxygen atoms in total. The fourth-order valence-corrected chi connectivity index (χ4v) is 9.40. The standard InChI is InChI=1S/C27H47NO2/c1-18(2)7-6-8-19(3)23-11-12-24-22-10-9-20-17-21(30-28-29)13-15-26(20,4)25(22)14-16-27(23,24)5/h18-25H,6-17H2,1-5H3/t19-,20+,21-,22+,23-,24+,25+,26+,27-/m1/s1. The van der Waals surface area contributed by atoms with Gasteiger partial charge in [-0.1, -0.05) is 53.9 Å². The van der Waals surface area contributed by atoms with Crippen molar-refractivity contribution in [2.75, 3.05) is 0 Å². The van der Waals surface area contributed by atoms with E-state index in [1.54, 1.807) is 0 Å². The van der Waals surface area contributed by atoms with E-state index in [2.05, 4.69) is 40.0 Å². The third-order valence-electron chi connectivity index (χ3n) is 11.0. The quantitative estimate of drug-likeness (QED) is 0.309. The summed E-state index contributed by atoms with van der Waals surface area (Å²) in [5, 5.41) is 2.76. The molecule has 0 saturated heterocycles. The minimum Gasteiger partial charge on any atom is -0.361 e. The Balaban J connectivity index is 1.44. The molecule has 0 aromatic heterocycles. The molecule has 0 heterocycles. The molecule has 4 rings (SSSR count). The second-order valence-corrected chi connectivity index (χ2v) is 12.8. The Morgan fingerprint density at radius 1 is 0.900 bits per heavy atom. The second-order valence-electron chi connectivity index (χ2n) is 12.8. The number of hydrogen-bond acceptors (Lipinski definition) is 3. The maximum atomic E-state index is 10.6. The van der Waals surface area contributed by atoms with E-state index in [4.69, 9.17) is 4.84 Å². The van der Waals surface area contributed by atoms with Crippen LogP contribution >= 0.6 is 0 Å². The molecule has 4 aliphatic rings. The molecular weight excluding hydrogens is 370 g/mol. The fourth-order valence-electron chi connectivity index (χ4n) is 9.40. The van der Waals surface area contributed by atoms with Crippen molar-refractivity contribution < 1.29 is 4.84 Å². The topological polar surface area (TPSA) is 38.7 Å². The Morgan fingerprint density at radius 3 is 2.37 bits per heavy atom. The van der Waals surface area contributed by atoms with Crippen molar-refractivity contribution in [3.63, 3.8) is 0 Å². The molecular formula is C27H47NO2. The van der Waals surface area contributed by atoms with Crippen molar-refractivity contribution in [1.82, 2.24) is 0 Å². The highest BCUT2D eigenvalue weighted by Crippen LogP contribution is 2.68. The number of hydrogen-bond donors (Lipinski definition) is 0. The monoisotopic (exact) mass is 417 g/mol. The second kappa shape index (κ2) is 8.74. The summed E-state index contributed by atoms with van der Waals surface area (Å²) in [5.41, 5.74) is 1.05. The van der Waals surface area contributed by atoms with Crippen LogP contribution in [-0.4, -0.2) is 6.10 Å². The van der Waals surface area contributed by atoms with Crippen molar-refractivity contribution in [2.45, 2.75) is 118 Å². The van der Waals surface area contributed by atoms with Crippen LogP contribution in [0.4, 0.5) is 0 Å². The van der Waals surface area contributed by atoms with Gasteiger partial charge in [0, 0.05) is 0 Å². The Labute approximate surface area is 185 Å². The molecule has 4 fully saturated rings. The minimum absolute atomic E-state index is 0.0773. The predicted molar refractivity (Wildman–Crippen MR) is 124 cm³/mol. The molecule has 30 heavy (non-hydrogen) atoms. The maximum Gasteiger partial charge on any atom is 0.155 e. The maximum absolute atomic E-state index is 10.6. The van der Waals surface area contributed by atoms with E-state index in [0.29, 0.717) is 10.8 Å². The van der Waals surface area contributed by atoms with Gasteiger partial charge in [0.2, 0.25) is 0 Å². The lowest BCUT2D eigenvalue weighted by Gasteiger charge is -2.61. The first-order valence-corrected chi connectivity index (χ1v) is 13.3. The van der Waals surface area contributed by atoms with E-state index in [0.717, 1.165) is 54.3 Å². The van der Waals surface area contributed by atoms with Crippen LogP contribution in [-0.2, 0) is 4.84 Å². The van der Waals surface area contributed by atoms with Crippen molar-refractivity contribution in [1.29, 1.82) is 0 Å². The predicted octanol–water partition coefficient (Wildman–Crippen LogP) is 8.17. The van der Waals surface area contributed by atoms with Gasteiger partial charge in [0.25, 0.3) is 0 Å². The minimum atomic E-state index is 0.0773. The van der Waals surface area contributed by atoms with E-state index in [1.165, 1.54) is 64.2 Å². The molecule has 3 heteroatoms. The molecule has 0 unspecified atom stereocenters. The molecule has 0 bridgehead atoms. The van der Waals surface area contributed by atoms with Crippen molar-refractivity contribution in [3.8, 4) is 0 Å². The Kier molecular flexibility index (Phi) is 6.58. The average molecular weight is 418 g/mol. The number of fused-ring (bicyclic) bond motifs is 5. The van der Waals surface area contributed by atoms with E-state index < -0.39 is 0 Å². The van der Waals surface area contributed by atoms with Gasteiger partial charge in [0.05, 0.1) is 0 Å². The Hall–Kier alpha value is -0.600. The van der Waals surface area contributed by atoms with E-state index in [1.807, 2.05) is 0 Å². The normalized spacial score (nSPS) is 46.6. The Bertz CT molecular complexity index is 606. The van der Waals surface area contributed by atoms with Gasteiger partial charge in [0.1, 0.15) is 6.10 Å². The fraction of sp³-hybridized carbons (Fsp3) is 1.00. The molecule has 0 N–H and O–H groups in total. The van der Waals surface area contributed by atoms with Crippen LogP contribution < -0.4 is 0 Å². The van der Waals surface area contributed by atoms with Crippen LogP contribution in [0.3, 0.4) is 0 Å². The van der Waals surface area contributed by atoms with E-state index in [9.17, 15) is 4.91 Å². The summed E-state index contributed by atoms with van der Waals surface area (Å²) in [6.45, 7) is 12.6. The first-order chi connectivity index (χ1) is 14.3. The highest BCUT2D eigenvalue weighted by Gasteiger charge is 2.60. The van der Waals surface area contributed by atoms with Gasteiger partial charge >= 0.3 is 0 Å². The Morgan fingerprint density at radius 2 is 1.63 bits per heavy atom. The van der Waals surface area contributed by atoms with E-state index in [-0.39, 0.29) is 6.10 Å². The van der Waals surface area contributed by atoms with Crippen LogP contribution in [0.25, 0.3) is 0 Å². The van der Waals surface area contributed by atoms with Gasteiger partial charge in [0.15, 0.2) is 5.34 Å². The summed E-state index contributed by atoms with van der Waals surface area (Å²) in [6, 6.07) is 0. The summed E-state index contributed by atoms with van der Waals surface area (Å²) in [7, 11) is 0. The smallest absolute Gasteiger partial charge is 0.155 e. The van der Waals surface area contributed by atoms with Gasteiger partial charge in [-0.05, 0) is 110 Å². The first-order valence-electron chi connectivity index (χ1n) is 13.3. The van der Waals surface area contributed by atoms with Crippen LogP contribution in [0, 0.1) is 57.2 Å². The van der Waals surface area contributed by atoms with Gasteiger partial charge < -0.3 is 4.84 Å². The molecule has 4 aliphatic carbocycles. The molecule has 4 saturated carbocycles. The third-order valence-corrected chi connectivity index (χ3v) is 11.0. The zero-order valence-corrected chi connectivity index (χ0v) is 20.4. The van der Waals surface area contributed by atoms with Crippen LogP contribution in [0.1, 0.15) is 112 Å². The molecule has 0 amide bonds. The van der Waals surface area contributed by atoms with Crippen LogP contribution in [0.15, 0.2) is 5.34 Å². The molecule has 0 aromatic carbocycles. The SMILES string of the molecule is CC(C)CCC[C@@H](C)[C@H]1CC[C@H]2[C@@H]3CC[C@H]4C[C@H](ON=O)CC[C@]4(C)[C@H]3CC[C@]12C. The third kappa shape index (κ3) is 3.85. The largest absolute Gasteiger partial charge is 0.361 e. The zero-order chi connectivity index (χ0) is 21.5. The average Bonchev–Trinajstić information content (AvgIpc) is 3.05. The summed E-state index contributed by atoms with van der Waals surface area (Å²) >= 11 is 0. The highest BCUT2D eigenvalue weighted by molar-refractivity contribution is 5.09. The van der Waals surface area contributed by atoms with Crippen LogP contribution in [0.5, 0.6) is 0 Å². The van der Waals surface area contributed by atoms with Gasteiger partial charge in [-0.25, -0.2) is 0 Å². The number of rotatable bonds is 7. The highest BCUT2D eigenvalue weighted by atomic mass is 16.7. The summed E-state index contributed by atoms with van der Waals surface area (Å²) < 4.78 is 0. The summed E-state index contributed by atoms with van der Waals surface area (Å²) in [4.78, 5) is 15.8. The van der Waals surface area contributed by atoms with E-state index >= 15 is 0 Å². The summed E-state index contributed by atoms with van der Waals surface area (Å²) in [5.74, 6) is 6.22. The van der Waals surface area contributed by atoms with Gasteiger partial charge in [-0.15, -0.1) is 4.91 Å². The van der Waals surface area contributed by atoms with Crippen molar-refractivity contribution in [3.05, 3.63) is 4.91 Å². The molecule has 0 spiro atoms. The van der Waals surface area contributed by atoms with Crippen LogP contribution in [0.2, 0.25) is 0 Å². The molecule has 0 aliphatic heterocycles. The molecule has 9 atom stereocenters. The molecule has 0 radical (unpaired) electrons. The van der Waals surface area contributed by atoms with Gasteiger partial charge in [-0.3, -0.25) is 0 Å². The zero-order valence-electron chi connectivity index (χ0n) is 20.4. The lowest BCUT2D eigenvalue weighted by Crippen LogP contribution is -2.54. The van der Waals surface area contributed by atoms with Crippen molar-refractivity contribution >= 4 is 0 Å². The van der Waals surface area contributed by atoms with Crippen molar-refractivity contribution in [2.24, 2.45) is 57.6 Å². The number of nitrogens with zero attached hydrogens (tertiary/aromatic N) is 1. The first kappa shape index (κ1) is 22.6. The molecule has 0 aromatic rings.